The lowest BCUT2D eigenvalue weighted by molar-refractivity contribution is 0.0696. The second kappa shape index (κ2) is 5.48. The van der Waals surface area contributed by atoms with Gasteiger partial charge in [-0.3, -0.25) is 4.98 Å². The number of rotatable bonds is 4. The van der Waals surface area contributed by atoms with Crippen LogP contribution in [0.4, 0.5) is 5.82 Å². The van der Waals surface area contributed by atoms with E-state index in [0.717, 1.165) is 5.56 Å². The number of pyridine rings is 2. The predicted molar refractivity (Wildman–Crippen MR) is 72.3 cm³/mol. The Hall–Kier alpha value is -2.43. The lowest BCUT2D eigenvalue weighted by atomic mass is 10.2. The molecule has 0 bridgehead atoms. The molecule has 5 heteroatoms. The lowest BCUT2D eigenvalue weighted by Gasteiger charge is -2.19. The zero-order chi connectivity index (χ0) is 13.8. The summed E-state index contributed by atoms with van der Waals surface area (Å²) in [6, 6.07) is 6.97. The van der Waals surface area contributed by atoms with Crippen LogP contribution in [-0.4, -0.2) is 28.1 Å². The number of carbonyl (C=O) groups is 1. The van der Waals surface area contributed by atoms with Crippen molar-refractivity contribution in [2.24, 2.45) is 0 Å². The molecule has 0 aliphatic rings. The number of carboxylic acids is 1. The highest BCUT2D eigenvalue weighted by Gasteiger charge is 2.10. The van der Waals surface area contributed by atoms with Crippen LogP contribution < -0.4 is 4.90 Å². The smallest absolute Gasteiger partial charge is 0.335 e. The van der Waals surface area contributed by atoms with E-state index in [0.29, 0.717) is 18.1 Å². The van der Waals surface area contributed by atoms with Gasteiger partial charge in [-0.2, -0.15) is 0 Å². The quantitative estimate of drug-likeness (QED) is 0.908. The largest absolute Gasteiger partial charge is 0.478 e. The van der Waals surface area contributed by atoms with E-state index in [2.05, 4.69) is 9.97 Å². The molecule has 0 atom stereocenters. The van der Waals surface area contributed by atoms with Gasteiger partial charge in [-0.05, 0) is 30.7 Å². The summed E-state index contributed by atoms with van der Waals surface area (Å²) in [5.74, 6) is -0.303. The van der Waals surface area contributed by atoms with E-state index in [1.807, 2.05) is 24.1 Å². The molecule has 2 aromatic heterocycles. The second-order valence-electron chi connectivity index (χ2n) is 4.38. The molecule has 2 rings (SSSR count). The molecular formula is C14H15N3O2. The highest BCUT2D eigenvalue weighted by atomic mass is 16.4. The third-order valence-corrected chi connectivity index (χ3v) is 2.72. The number of hydrogen-bond donors (Lipinski definition) is 1. The van der Waals surface area contributed by atoms with Crippen LogP contribution in [-0.2, 0) is 6.54 Å². The molecule has 0 aliphatic heterocycles. The molecule has 2 heterocycles. The summed E-state index contributed by atoms with van der Waals surface area (Å²) in [7, 11) is 1.88. The molecule has 0 aliphatic carbocycles. The molecule has 0 unspecified atom stereocenters. The van der Waals surface area contributed by atoms with Crippen LogP contribution in [0.3, 0.4) is 0 Å². The summed E-state index contributed by atoms with van der Waals surface area (Å²) in [6.07, 6.45) is 3.50. The Kier molecular flexibility index (Phi) is 3.75. The van der Waals surface area contributed by atoms with Crippen molar-refractivity contribution < 1.29 is 9.90 Å². The standard InChI is InChI=1S/C14H15N3O2/c1-10-6-12(14(18)19)7-13(16-10)17(2)9-11-4-3-5-15-8-11/h3-8H,9H2,1-2H3,(H,18,19). The Labute approximate surface area is 111 Å². The highest BCUT2D eigenvalue weighted by Crippen LogP contribution is 2.16. The fourth-order valence-corrected chi connectivity index (χ4v) is 1.82. The maximum absolute atomic E-state index is 11.0. The van der Waals surface area contributed by atoms with Crippen molar-refractivity contribution in [1.29, 1.82) is 0 Å². The first-order valence-corrected chi connectivity index (χ1v) is 5.88. The molecule has 0 aromatic carbocycles. The van der Waals surface area contributed by atoms with Crippen LogP contribution in [0.2, 0.25) is 0 Å². The first-order valence-electron chi connectivity index (χ1n) is 5.88. The van der Waals surface area contributed by atoms with Gasteiger partial charge in [0.05, 0.1) is 5.56 Å². The summed E-state index contributed by atoms with van der Waals surface area (Å²) in [6.45, 7) is 2.41. The van der Waals surface area contributed by atoms with E-state index in [-0.39, 0.29) is 5.56 Å². The van der Waals surface area contributed by atoms with Gasteiger partial charge in [0.15, 0.2) is 0 Å². The van der Waals surface area contributed by atoms with Gasteiger partial charge in [0.25, 0.3) is 0 Å². The van der Waals surface area contributed by atoms with Gasteiger partial charge < -0.3 is 10.0 Å². The van der Waals surface area contributed by atoms with E-state index >= 15 is 0 Å². The number of aryl methyl sites for hydroxylation is 1. The Bertz CT molecular complexity index is 584. The monoisotopic (exact) mass is 257 g/mol. The number of hydrogen-bond acceptors (Lipinski definition) is 4. The fraction of sp³-hybridized carbons (Fsp3) is 0.214. The maximum atomic E-state index is 11.0. The third-order valence-electron chi connectivity index (χ3n) is 2.72. The van der Waals surface area contributed by atoms with Crippen molar-refractivity contribution in [2.45, 2.75) is 13.5 Å². The lowest BCUT2D eigenvalue weighted by Crippen LogP contribution is -2.18. The average molecular weight is 257 g/mol. The topological polar surface area (TPSA) is 66.3 Å². The zero-order valence-corrected chi connectivity index (χ0v) is 10.9. The van der Waals surface area contributed by atoms with E-state index in [4.69, 9.17) is 5.11 Å². The molecule has 0 saturated heterocycles. The molecule has 19 heavy (non-hydrogen) atoms. The van der Waals surface area contributed by atoms with E-state index in [9.17, 15) is 4.79 Å². The molecule has 1 N–H and O–H groups in total. The van der Waals surface area contributed by atoms with Gasteiger partial charge in [0.1, 0.15) is 5.82 Å². The van der Waals surface area contributed by atoms with Crippen LogP contribution in [0.15, 0.2) is 36.7 Å². The van der Waals surface area contributed by atoms with Crippen LogP contribution >= 0.6 is 0 Å². The highest BCUT2D eigenvalue weighted by molar-refractivity contribution is 5.88. The first-order chi connectivity index (χ1) is 9.06. The Morgan fingerprint density at radius 1 is 1.42 bits per heavy atom. The van der Waals surface area contributed by atoms with Crippen LogP contribution in [0, 0.1) is 6.92 Å². The van der Waals surface area contributed by atoms with Crippen LogP contribution in [0.5, 0.6) is 0 Å². The van der Waals surface area contributed by atoms with Gasteiger partial charge in [-0.25, -0.2) is 9.78 Å². The summed E-state index contributed by atoms with van der Waals surface area (Å²) >= 11 is 0. The molecule has 0 saturated carbocycles. The predicted octanol–water partition coefficient (Wildman–Crippen LogP) is 2.12. The van der Waals surface area contributed by atoms with Gasteiger partial charge in [-0.15, -0.1) is 0 Å². The van der Waals surface area contributed by atoms with Crippen molar-refractivity contribution in [3.05, 3.63) is 53.5 Å². The maximum Gasteiger partial charge on any atom is 0.335 e. The molecule has 0 radical (unpaired) electrons. The van der Waals surface area contributed by atoms with Crippen molar-refractivity contribution in [3.63, 3.8) is 0 Å². The molecule has 5 nitrogen and oxygen atoms in total. The van der Waals surface area contributed by atoms with E-state index in [1.165, 1.54) is 0 Å². The normalized spacial score (nSPS) is 10.2. The Morgan fingerprint density at radius 2 is 2.21 bits per heavy atom. The third kappa shape index (κ3) is 3.28. The SMILES string of the molecule is Cc1cc(C(=O)O)cc(N(C)Cc2cccnc2)n1. The first kappa shape index (κ1) is 13.0. The van der Waals surface area contributed by atoms with Gasteiger partial charge >= 0.3 is 5.97 Å². The Morgan fingerprint density at radius 3 is 2.84 bits per heavy atom. The summed E-state index contributed by atoms with van der Waals surface area (Å²) in [4.78, 5) is 21.3. The minimum atomic E-state index is -0.943. The Balaban J connectivity index is 2.24. The molecule has 2 aromatic rings. The van der Waals surface area contributed by atoms with Crippen molar-refractivity contribution in [1.82, 2.24) is 9.97 Å². The molecule has 98 valence electrons. The fourth-order valence-electron chi connectivity index (χ4n) is 1.82. The molecule has 0 amide bonds. The number of anilines is 1. The van der Waals surface area contributed by atoms with Crippen molar-refractivity contribution >= 4 is 11.8 Å². The van der Waals surface area contributed by atoms with Gasteiger partial charge in [0.2, 0.25) is 0 Å². The van der Waals surface area contributed by atoms with Gasteiger partial charge in [-0.1, -0.05) is 6.07 Å². The van der Waals surface area contributed by atoms with E-state index < -0.39 is 5.97 Å². The number of nitrogens with zero attached hydrogens (tertiary/aromatic N) is 3. The molecular weight excluding hydrogens is 242 g/mol. The van der Waals surface area contributed by atoms with E-state index in [1.54, 1.807) is 31.5 Å². The van der Waals surface area contributed by atoms with Crippen molar-refractivity contribution in [2.75, 3.05) is 11.9 Å². The van der Waals surface area contributed by atoms with Crippen LogP contribution in [0.1, 0.15) is 21.6 Å². The second-order valence-corrected chi connectivity index (χ2v) is 4.38. The molecule has 0 spiro atoms. The number of aromatic nitrogens is 2. The average Bonchev–Trinajstić information content (AvgIpc) is 2.39. The van der Waals surface area contributed by atoms with Gasteiger partial charge in [0, 0.05) is 31.7 Å². The summed E-state index contributed by atoms with van der Waals surface area (Å²) in [5.41, 5.74) is 1.98. The summed E-state index contributed by atoms with van der Waals surface area (Å²) < 4.78 is 0. The zero-order valence-electron chi connectivity index (χ0n) is 10.9. The van der Waals surface area contributed by atoms with Crippen molar-refractivity contribution in [3.8, 4) is 0 Å². The van der Waals surface area contributed by atoms with Crippen LogP contribution in [0.25, 0.3) is 0 Å². The number of carboxylic acid groups (broad SMARTS) is 1. The minimum absolute atomic E-state index is 0.250. The summed E-state index contributed by atoms with van der Waals surface area (Å²) in [5, 5.41) is 9.05. The number of aromatic carboxylic acids is 1. The molecule has 0 fully saturated rings. The minimum Gasteiger partial charge on any atom is -0.478 e.